The van der Waals surface area contributed by atoms with Gasteiger partial charge in [-0.05, 0) is 39.2 Å². The highest BCUT2D eigenvalue weighted by Gasteiger charge is 2.00. The maximum absolute atomic E-state index is 11.6. The van der Waals surface area contributed by atoms with Crippen LogP contribution in [0.3, 0.4) is 0 Å². The zero-order valence-electron chi connectivity index (χ0n) is 12.7. The maximum Gasteiger partial charge on any atom is 0.330 e. The number of hydrogen-bond acceptors (Lipinski definition) is 2. The van der Waals surface area contributed by atoms with Gasteiger partial charge in [0.25, 0.3) is 0 Å². The molecule has 0 radical (unpaired) electrons. The van der Waals surface area contributed by atoms with Gasteiger partial charge < -0.3 is 4.74 Å². The third-order valence-corrected chi connectivity index (χ3v) is 2.93. The summed E-state index contributed by atoms with van der Waals surface area (Å²) in [5, 5.41) is 0. The molecule has 0 saturated carbocycles. The molecule has 1 rings (SSSR count). The fourth-order valence-corrected chi connectivity index (χ4v) is 1.82. The molecule has 0 fully saturated rings. The highest BCUT2D eigenvalue weighted by atomic mass is 16.5. The molecule has 0 bridgehead atoms. The number of ether oxygens (including phenoxy) is 1. The summed E-state index contributed by atoms with van der Waals surface area (Å²) in [6, 6.07) is 10.0. The van der Waals surface area contributed by atoms with E-state index in [0.717, 1.165) is 24.8 Å². The van der Waals surface area contributed by atoms with Gasteiger partial charge in [0.1, 0.15) is 0 Å². The quantitative estimate of drug-likeness (QED) is 0.416. The van der Waals surface area contributed by atoms with E-state index in [1.807, 2.05) is 37.3 Å². The number of rotatable bonds is 7. The zero-order valence-corrected chi connectivity index (χ0v) is 12.7. The van der Waals surface area contributed by atoms with Crippen LogP contribution in [-0.4, -0.2) is 12.6 Å². The van der Waals surface area contributed by atoms with Gasteiger partial charge in [0.2, 0.25) is 0 Å². The standard InChI is InChI=1S/C18H24O2/c1-15(2)8-7-9-16(3)14-18(19)20-13-12-17-10-5-4-6-11-17/h4-6,8,10-11,14H,7,9,12-13H2,1-3H3/b16-14+. The molecular weight excluding hydrogens is 248 g/mol. The molecule has 0 aliphatic rings. The molecular formula is C18H24O2. The van der Waals surface area contributed by atoms with Gasteiger partial charge in [-0.25, -0.2) is 4.79 Å². The summed E-state index contributed by atoms with van der Waals surface area (Å²) in [6.07, 6.45) is 6.42. The van der Waals surface area contributed by atoms with Crippen molar-refractivity contribution in [2.24, 2.45) is 0 Å². The Hall–Kier alpha value is -1.83. The van der Waals surface area contributed by atoms with Crippen molar-refractivity contribution >= 4 is 5.97 Å². The van der Waals surface area contributed by atoms with Crippen LogP contribution in [0.2, 0.25) is 0 Å². The molecule has 1 aromatic carbocycles. The average molecular weight is 272 g/mol. The normalized spacial score (nSPS) is 11.1. The summed E-state index contributed by atoms with van der Waals surface area (Å²) >= 11 is 0. The van der Waals surface area contributed by atoms with Crippen molar-refractivity contribution in [2.75, 3.05) is 6.61 Å². The van der Waals surface area contributed by atoms with Crippen LogP contribution >= 0.6 is 0 Å². The topological polar surface area (TPSA) is 26.3 Å². The predicted octanol–water partition coefficient (Wildman–Crippen LogP) is 4.47. The van der Waals surface area contributed by atoms with Crippen molar-refractivity contribution in [1.82, 2.24) is 0 Å². The number of esters is 1. The largest absolute Gasteiger partial charge is 0.462 e. The van der Waals surface area contributed by atoms with E-state index in [2.05, 4.69) is 19.9 Å². The Morgan fingerprint density at radius 2 is 1.85 bits per heavy atom. The van der Waals surface area contributed by atoms with Crippen LogP contribution in [0.4, 0.5) is 0 Å². The maximum atomic E-state index is 11.6. The van der Waals surface area contributed by atoms with Gasteiger partial charge in [0.05, 0.1) is 6.61 Å². The second-order valence-corrected chi connectivity index (χ2v) is 5.21. The molecule has 108 valence electrons. The van der Waals surface area contributed by atoms with Crippen molar-refractivity contribution in [2.45, 2.75) is 40.0 Å². The third kappa shape index (κ3) is 7.57. The highest BCUT2D eigenvalue weighted by Crippen LogP contribution is 2.07. The summed E-state index contributed by atoms with van der Waals surface area (Å²) in [5.74, 6) is -0.240. The van der Waals surface area contributed by atoms with Crippen LogP contribution in [0, 0.1) is 0 Å². The number of benzene rings is 1. The lowest BCUT2D eigenvalue weighted by Crippen LogP contribution is -2.05. The molecule has 1 aromatic rings. The number of hydrogen-bond donors (Lipinski definition) is 0. The molecule has 0 heterocycles. The van der Waals surface area contributed by atoms with E-state index in [-0.39, 0.29) is 5.97 Å². The molecule has 0 N–H and O–H groups in total. The van der Waals surface area contributed by atoms with Gasteiger partial charge in [-0.3, -0.25) is 0 Å². The molecule has 0 saturated heterocycles. The second-order valence-electron chi connectivity index (χ2n) is 5.21. The van der Waals surface area contributed by atoms with Crippen molar-refractivity contribution in [3.8, 4) is 0 Å². The van der Waals surface area contributed by atoms with E-state index < -0.39 is 0 Å². The van der Waals surface area contributed by atoms with E-state index in [9.17, 15) is 4.79 Å². The lowest BCUT2D eigenvalue weighted by atomic mass is 10.1. The average Bonchev–Trinajstić information content (AvgIpc) is 2.39. The first-order chi connectivity index (χ1) is 9.58. The van der Waals surface area contributed by atoms with Gasteiger partial charge in [-0.2, -0.15) is 0 Å². The molecule has 0 aliphatic heterocycles. The minimum absolute atomic E-state index is 0.240. The summed E-state index contributed by atoms with van der Waals surface area (Å²) in [4.78, 5) is 11.6. The van der Waals surface area contributed by atoms with Crippen LogP contribution < -0.4 is 0 Å². The monoisotopic (exact) mass is 272 g/mol. The van der Waals surface area contributed by atoms with Crippen molar-refractivity contribution < 1.29 is 9.53 Å². The fourth-order valence-electron chi connectivity index (χ4n) is 1.82. The minimum atomic E-state index is -0.240. The van der Waals surface area contributed by atoms with Crippen LogP contribution in [0.1, 0.15) is 39.2 Å². The van der Waals surface area contributed by atoms with Crippen LogP contribution in [0.5, 0.6) is 0 Å². The smallest absolute Gasteiger partial charge is 0.330 e. The Morgan fingerprint density at radius 3 is 2.50 bits per heavy atom. The lowest BCUT2D eigenvalue weighted by Gasteiger charge is -2.03. The van der Waals surface area contributed by atoms with Gasteiger partial charge >= 0.3 is 5.97 Å². The van der Waals surface area contributed by atoms with Crippen LogP contribution in [-0.2, 0) is 16.0 Å². The predicted molar refractivity (Wildman–Crippen MR) is 83.5 cm³/mol. The fraction of sp³-hybridized carbons (Fsp3) is 0.389. The molecule has 2 heteroatoms. The molecule has 0 spiro atoms. The molecule has 0 unspecified atom stereocenters. The number of carbonyl (C=O) groups is 1. The first-order valence-electron chi connectivity index (χ1n) is 7.09. The summed E-state index contributed by atoms with van der Waals surface area (Å²) in [7, 11) is 0. The minimum Gasteiger partial charge on any atom is -0.462 e. The Kier molecular flexibility index (Phi) is 7.41. The molecule has 0 amide bonds. The molecule has 0 atom stereocenters. The third-order valence-electron chi connectivity index (χ3n) is 2.93. The van der Waals surface area contributed by atoms with Gasteiger partial charge in [-0.1, -0.05) is 47.6 Å². The van der Waals surface area contributed by atoms with Crippen molar-refractivity contribution in [3.05, 3.63) is 59.2 Å². The van der Waals surface area contributed by atoms with Crippen LogP contribution in [0.25, 0.3) is 0 Å². The van der Waals surface area contributed by atoms with Crippen LogP contribution in [0.15, 0.2) is 53.6 Å². The number of carbonyl (C=O) groups excluding carboxylic acids is 1. The first-order valence-corrected chi connectivity index (χ1v) is 7.09. The Labute approximate surface area is 122 Å². The summed E-state index contributed by atoms with van der Waals surface area (Å²) < 4.78 is 5.21. The first kappa shape index (κ1) is 16.2. The van der Waals surface area contributed by atoms with E-state index in [1.165, 1.54) is 11.1 Å². The zero-order chi connectivity index (χ0) is 14.8. The molecule has 0 aromatic heterocycles. The Bertz CT molecular complexity index is 465. The highest BCUT2D eigenvalue weighted by molar-refractivity contribution is 5.82. The molecule has 20 heavy (non-hydrogen) atoms. The SMILES string of the molecule is CC(C)=CCC/C(C)=C/C(=O)OCCc1ccccc1. The van der Waals surface area contributed by atoms with E-state index >= 15 is 0 Å². The second kappa shape index (κ2) is 9.13. The van der Waals surface area contributed by atoms with Gasteiger partial charge in [-0.15, -0.1) is 0 Å². The summed E-state index contributed by atoms with van der Waals surface area (Å²) in [5.41, 5.74) is 3.56. The van der Waals surface area contributed by atoms with Crippen molar-refractivity contribution in [3.63, 3.8) is 0 Å². The van der Waals surface area contributed by atoms with Crippen molar-refractivity contribution in [1.29, 1.82) is 0 Å². The van der Waals surface area contributed by atoms with Gasteiger partial charge in [0.15, 0.2) is 0 Å². The van der Waals surface area contributed by atoms with E-state index in [4.69, 9.17) is 4.74 Å². The Morgan fingerprint density at radius 1 is 1.15 bits per heavy atom. The molecule has 2 nitrogen and oxygen atoms in total. The van der Waals surface area contributed by atoms with Gasteiger partial charge in [0, 0.05) is 12.5 Å². The van der Waals surface area contributed by atoms with E-state index in [1.54, 1.807) is 6.08 Å². The van der Waals surface area contributed by atoms with E-state index in [0.29, 0.717) is 6.61 Å². The summed E-state index contributed by atoms with van der Waals surface area (Å²) in [6.45, 7) is 6.56. The molecule has 0 aliphatic carbocycles. The Balaban J connectivity index is 2.27. The number of allylic oxidation sites excluding steroid dienone is 3. The lowest BCUT2D eigenvalue weighted by molar-refractivity contribution is -0.137.